The van der Waals surface area contributed by atoms with E-state index in [0.29, 0.717) is 11.3 Å². The quantitative estimate of drug-likeness (QED) is 0.842. The predicted molar refractivity (Wildman–Crippen MR) is 80.5 cm³/mol. The smallest absolute Gasteiger partial charge is 0.253 e. The Morgan fingerprint density at radius 2 is 2.00 bits per heavy atom. The summed E-state index contributed by atoms with van der Waals surface area (Å²) in [4.78, 5) is 14.6. The van der Waals surface area contributed by atoms with Crippen molar-refractivity contribution in [3.05, 3.63) is 51.2 Å². The van der Waals surface area contributed by atoms with Crippen molar-refractivity contribution in [2.75, 3.05) is 5.73 Å². The van der Waals surface area contributed by atoms with E-state index in [1.165, 1.54) is 4.88 Å². The van der Waals surface area contributed by atoms with Gasteiger partial charge in [-0.1, -0.05) is 11.6 Å². The van der Waals surface area contributed by atoms with Gasteiger partial charge in [0.15, 0.2) is 0 Å². The van der Waals surface area contributed by atoms with Crippen LogP contribution in [0.5, 0.6) is 0 Å². The maximum absolute atomic E-state index is 12.2. The summed E-state index contributed by atoms with van der Waals surface area (Å²) in [5.74, 6) is -0.125. The summed E-state index contributed by atoms with van der Waals surface area (Å²) in [5.41, 5.74) is 7.93. The SMILES string of the molecule is Cc1ccc(N)c(C(=O)NC(C)c2ccc(C)s2)c1. The number of carbonyl (C=O) groups is 1. The van der Waals surface area contributed by atoms with Gasteiger partial charge in [0.1, 0.15) is 0 Å². The van der Waals surface area contributed by atoms with Crippen molar-refractivity contribution in [1.82, 2.24) is 5.32 Å². The largest absolute Gasteiger partial charge is 0.398 e. The lowest BCUT2D eigenvalue weighted by molar-refractivity contribution is 0.0941. The van der Waals surface area contributed by atoms with Crippen molar-refractivity contribution in [1.29, 1.82) is 0 Å². The summed E-state index contributed by atoms with van der Waals surface area (Å²) >= 11 is 1.69. The number of benzene rings is 1. The lowest BCUT2D eigenvalue weighted by Crippen LogP contribution is -2.26. The zero-order valence-electron chi connectivity index (χ0n) is 11.4. The fourth-order valence-electron chi connectivity index (χ4n) is 1.90. The normalized spacial score (nSPS) is 12.2. The van der Waals surface area contributed by atoms with Crippen LogP contribution < -0.4 is 11.1 Å². The molecule has 1 heterocycles. The van der Waals surface area contributed by atoms with Gasteiger partial charge in [-0.3, -0.25) is 4.79 Å². The molecule has 2 aromatic rings. The van der Waals surface area contributed by atoms with Crippen LogP contribution in [-0.4, -0.2) is 5.91 Å². The lowest BCUT2D eigenvalue weighted by Gasteiger charge is -2.13. The zero-order chi connectivity index (χ0) is 14.0. The maximum atomic E-state index is 12.2. The molecule has 0 aliphatic carbocycles. The van der Waals surface area contributed by atoms with Gasteiger partial charge >= 0.3 is 0 Å². The van der Waals surface area contributed by atoms with E-state index in [9.17, 15) is 4.79 Å². The standard InChI is InChI=1S/C15H18N2OS/c1-9-4-6-13(16)12(8-9)15(18)17-11(3)14-7-5-10(2)19-14/h4-8,11H,16H2,1-3H3,(H,17,18). The summed E-state index contributed by atoms with van der Waals surface area (Å²) in [6, 6.07) is 9.58. The van der Waals surface area contributed by atoms with Crippen LogP contribution in [0.25, 0.3) is 0 Å². The van der Waals surface area contributed by atoms with E-state index < -0.39 is 0 Å². The van der Waals surface area contributed by atoms with Crippen molar-refractivity contribution in [3.8, 4) is 0 Å². The molecule has 0 spiro atoms. The van der Waals surface area contributed by atoms with E-state index in [0.717, 1.165) is 10.4 Å². The monoisotopic (exact) mass is 274 g/mol. The molecule has 3 nitrogen and oxygen atoms in total. The Kier molecular flexibility index (Phi) is 3.90. The molecule has 19 heavy (non-hydrogen) atoms. The van der Waals surface area contributed by atoms with Gasteiger partial charge in [-0.15, -0.1) is 11.3 Å². The minimum Gasteiger partial charge on any atom is -0.398 e. The van der Waals surface area contributed by atoms with E-state index in [2.05, 4.69) is 18.3 Å². The lowest BCUT2D eigenvalue weighted by atomic mass is 10.1. The van der Waals surface area contributed by atoms with E-state index >= 15 is 0 Å². The third-order valence-electron chi connectivity index (χ3n) is 2.99. The minimum absolute atomic E-state index is 0.00823. The molecule has 4 heteroatoms. The molecule has 0 saturated carbocycles. The minimum atomic E-state index is -0.125. The van der Waals surface area contributed by atoms with Gasteiger partial charge in [0, 0.05) is 15.4 Å². The van der Waals surface area contributed by atoms with Gasteiger partial charge in [0.05, 0.1) is 11.6 Å². The predicted octanol–water partition coefficient (Wildman–Crippen LogP) is 3.44. The third-order valence-corrected chi connectivity index (χ3v) is 4.17. The van der Waals surface area contributed by atoms with E-state index in [-0.39, 0.29) is 11.9 Å². The summed E-state index contributed by atoms with van der Waals surface area (Å²) < 4.78 is 0. The Morgan fingerprint density at radius 1 is 1.26 bits per heavy atom. The van der Waals surface area contributed by atoms with Crippen molar-refractivity contribution in [2.24, 2.45) is 0 Å². The molecule has 1 atom stereocenters. The molecule has 1 unspecified atom stereocenters. The average Bonchev–Trinajstić information content (AvgIpc) is 2.79. The first-order chi connectivity index (χ1) is 8.97. The third kappa shape index (κ3) is 3.15. The highest BCUT2D eigenvalue weighted by atomic mass is 32.1. The van der Waals surface area contributed by atoms with E-state index in [1.807, 2.05) is 32.0 Å². The summed E-state index contributed by atoms with van der Waals surface area (Å²) in [5, 5.41) is 2.99. The van der Waals surface area contributed by atoms with Crippen LogP contribution in [0.4, 0.5) is 5.69 Å². The van der Waals surface area contributed by atoms with Crippen LogP contribution in [0.3, 0.4) is 0 Å². The second-order valence-corrected chi connectivity index (χ2v) is 6.05. The van der Waals surface area contributed by atoms with Crippen LogP contribution in [0.1, 0.15) is 38.6 Å². The van der Waals surface area contributed by atoms with Crippen molar-refractivity contribution < 1.29 is 4.79 Å². The fourth-order valence-corrected chi connectivity index (χ4v) is 2.78. The van der Waals surface area contributed by atoms with Crippen molar-refractivity contribution in [3.63, 3.8) is 0 Å². The molecule has 2 rings (SSSR count). The Balaban J connectivity index is 2.15. The molecule has 0 fully saturated rings. The number of anilines is 1. The van der Waals surface area contributed by atoms with Gasteiger partial charge in [-0.05, 0) is 45.0 Å². The number of hydrogen-bond donors (Lipinski definition) is 2. The molecule has 3 N–H and O–H groups in total. The van der Waals surface area contributed by atoms with Crippen LogP contribution in [-0.2, 0) is 0 Å². The van der Waals surface area contributed by atoms with Crippen LogP contribution in [0, 0.1) is 13.8 Å². The summed E-state index contributed by atoms with van der Waals surface area (Å²) in [7, 11) is 0. The topological polar surface area (TPSA) is 55.1 Å². The Bertz CT molecular complexity index is 604. The molecular weight excluding hydrogens is 256 g/mol. The molecule has 0 saturated heterocycles. The van der Waals surface area contributed by atoms with Crippen LogP contribution >= 0.6 is 11.3 Å². The van der Waals surface area contributed by atoms with Crippen LogP contribution in [0.15, 0.2) is 30.3 Å². The number of nitrogens with one attached hydrogen (secondary N) is 1. The number of amides is 1. The van der Waals surface area contributed by atoms with Crippen LogP contribution in [0.2, 0.25) is 0 Å². The maximum Gasteiger partial charge on any atom is 0.253 e. The molecule has 1 aromatic carbocycles. The van der Waals surface area contributed by atoms with Crippen molar-refractivity contribution in [2.45, 2.75) is 26.8 Å². The fraction of sp³-hybridized carbons (Fsp3) is 0.267. The van der Waals surface area contributed by atoms with Gasteiger partial charge < -0.3 is 11.1 Å². The number of rotatable bonds is 3. The number of nitrogens with two attached hydrogens (primary N) is 1. The first-order valence-corrected chi connectivity index (χ1v) is 7.02. The summed E-state index contributed by atoms with van der Waals surface area (Å²) in [6.45, 7) is 5.98. The Morgan fingerprint density at radius 3 is 2.63 bits per heavy atom. The number of thiophene rings is 1. The van der Waals surface area contributed by atoms with E-state index in [4.69, 9.17) is 5.73 Å². The van der Waals surface area contributed by atoms with Gasteiger partial charge in [0.25, 0.3) is 5.91 Å². The van der Waals surface area contributed by atoms with Gasteiger partial charge in [0.2, 0.25) is 0 Å². The highest BCUT2D eigenvalue weighted by molar-refractivity contribution is 7.12. The number of aryl methyl sites for hydroxylation is 2. The van der Waals surface area contributed by atoms with Gasteiger partial charge in [-0.25, -0.2) is 0 Å². The highest BCUT2D eigenvalue weighted by Crippen LogP contribution is 2.23. The summed E-state index contributed by atoms with van der Waals surface area (Å²) in [6.07, 6.45) is 0. The Hall–Kier alpha value is -1.81. The zero-order valence-corrected chi connectivity index (χ0v) is 12.2. The Labute approximate surface area is 117 Å². The number of hydrogen-bond acceptors (Lipinski definition) is 3. The second kappa shape index (κ2) is 5.45. The first-order valence-electron chi connectivity index (χ1n) is 6.20. The average molecular weight is 274 g/mol. The molecule has 1 amide bonds. The second-order valence-electron chi connectivity index (χ2n) is 4.73. The first kappa shape index (κ1) is 13.6. The van der Waals surface area contributed by atoms with E-state index in [1.54, 1.807) is 17.4 Å². The molecular formula is C15H18N2OS. The molecule has 0 radical (unpaired) electrons. The number of nitrogen functional groups attached to an aromatic ring is 1. The molecule has 0 aliphatic heterocycles. The molecule has 0 aliphatic rings. The highest BCUT2D eigenvalue weighted by Gasteiger charge is 2.14. The van der Waals surface area contributed by atoms with Crippen molar-refractivity contribution >= 4 is 22.9 Å². The molecule has 0 bridgehead atoms. The molecule has 100 valence electrons. The molecule has 1 aromatic heterocycles. The number of carbonyl (C=O) groups excluding carboxylic acids is 1. The van der Waals surface area contributed by atoms with Gasteiger partial charge in [-0.2, -0.15) is 0 Å².